The van der Waals surface area contributed by atoms with E-state index in [0.717, 1.165) is 40.0 Å². The van der Waals surface area contributed by atoms with E-state index in [4.69, 9.17) is 5.11 Å². The average molecular weight is 566 g/mol. The van der Waals surface area contributed by atoms with Crippen LogP contribution in [0.4, 0.5) is 5.69 Å². The van der Waals surface area contributed by atoms with E-state index in [9.17, 15) is 9.90 Å². The van der Waals surface area contributed by atoms with Gasteiger partial charge in [-0.25, -0.2) is 0 Å². The zero-order chi connectivity index (χ0) is 30.8. The molecule has 0 bridgehead atoms. The second-order valence-electron chi connectivity index (χ2n) is 11.0. The van der Waals surface area contributed by atoms with Crippen molar-refractivity contribution in [2.45, 2.75) is 101 Å². The summed E-state index contributed by atoms with van der Waals surface area (Å²) in [6.07, 6.45) is 3.36. The zero-order valence-corrected chi connectivity index (χ0v) is 27.6. The second kappa shape index (κ2) is 15.9. The van der Waals surface area contributed by atoms with Crippen LogP contribution >= 0.6 is 11.9 Å². The maximum Gasteiger partial charge on any atom is 0.307 e. The molecular weight excluding hydrogens is 514 g/mol. The molecule has 5 heteroatoms. The Bertz CT molecular complexity index is 1250. The number of rotatable bonds is 4. The highest BCUT2D eigenvalue weighted by Gasteiger charge is 2.30. The standard InChI is InChI=1S/C26H27NO2S.C4H10O.C3H8.C2H6/c1-15-9-11-19(12-10-15)24-18(4)25-20-8-6-7-16(2)22(20)14-27(30-5)26(25)17(3)21(24)13-23(28)29;1-4(2,3)5;1-3-2;1-2/h6-12H,13-14H2,1-5H3,(H,28,29);5H,1-3H3;3H2,1-2H3;1-2H3. The predicted molar refractivity (Wildman–Crippen MR) is 177 cm³/mol. The molecule has 0 radical (unpaired) electrons. The number of aryl methyl sites for hydroxylation is 2. The molecular formula is C35H51NO3S. The van der Waals surface area contributed by atoms with E-state index < -0.39 is 11.6 Å². The lowest BCUT2D eigenvalue weighted by Crippen LogP contribution is -2.23. The first-order valence-corrected chi connectivity index (χ1v) is 15.5. The van der Waals surface area contributed by atoms with Gasteiger partial charge in [0.1, 0.15) is 0 Å². The molecule has 0 aliphatic carbocycles. The Morgan fingerprint density at radius 1 is 0.925 bits per heavy atom. The summed E-state index contributed by atoms with van der Waals surface area (Å²) in [7, 11) is 0. The first-order chi connectivity index (χ1) is 18.7. The van der Waals surface area contributed by atoms with E-state index in [1.54, 1.807) is 32.7 Å². The molecule has 0 aromatic heterocycles. The molecule has 3 aromatic carbocycles. The number of hydrogen-bond donors (Lipinski definition) is 2. The van der Waals surface area contributed by atoms with Crippen molar-refractivity contribution in [1.82, 2.24) is 0 Å². The molecule has 40 heavy (non-hydrogen) atoms. The molecule has 1 aliphatic heterocycles. The molecule has 4 nitrogen and oxygen atoms in total. The Balaban J connectivity index is 0.000000699. The van der Waals surface area contributed by atoms with Crippen molar-refractivity contribution in [3.63, 3.8) is 0 Å². The monoisotopic (exact) mass is 565 g/mol. The molecule has 0 atom stereocenters. The first kappa shape index (κ1) is 35.3. The third kappa shape index (κ3) is 9.14. The van der Waals surface area contributed by atoms with Crippen LogP contribution in [0.2, 0.25) is 0 Å². The molecule has 1 heterocycles. The van der Waals surface area contributed by atoms with Gasteiger partial charge in [-0.05, 0) is 93.0 Å². The van der Waals surface area contributed by atoms with Crippen LogP contribution in [0.15, 0.2) is 42.5 Å². The van der Waals surface area contributed by atoms with Gasteiger partial charge in [0, 0.05) is 11.8 Å². The number of carboxylic acid groups (broad SMARTS) is 1. The average Bonchev–Trinajstić information content (AvgIpc) is 2.88. The number of aliphatic carboxylic acids is 1. The Hall–Kier alpha value is -2.76. The number of carboxylic acids is 1. The highest BCUT2D eigenvalue weighted by Crippen LogP contribution is 2.50. The molecule has 2 N–H and O–H groups in total. The van der Waals surface area contributed by atoms with Crippen LogP contribution in [0.1, 0.15) is 88.3 Å². The van der Waals surface area contributed by atoms with Crippen LogP contribution < -0.4 is 4.31 Å². The van der Waals surface area contributed by atoms with E-state index in [1.807, 2.05) is 13.8 Å². The topological polar surface area (TPSA) is 60.8 Å². The van der Waals surface area contributed by atoms with Crippen LogP contribution in [0.5, 0.6) is 0 Å². The van der Waals surface area contributed by atoms with Gasteiger partial charge in [0.15, 0.2) is 0 Å². The fourth-order valence-corrected chi connectivity index (χ4v) is 5.37. The Labute approximate surface area is 248 Å². The van der Waals surface area contributed by atoms with Crippen molar-refractivity contribution in [3.8, 4) is 22.3 Å². The van der Waals surface area contributed by atoms with Crippen LogP contribution in [-0.4, -0.2) is 28.0 Å². The summed E-state index contributed by atoms with van der Waals surface area (Å²) in [4.78, 5) is 11.8. The van der Waals surface area contributed by atoms with E-state index in [2.05, 4.69) is 94.6 Å². The summed E-state index contributed by atoms with van der Waals surface area (Å²) in [6.45, 7) is 22.8. The van der Waals surface area contributed by atoms with Crippen molar-refractivity contribution in [2.24, 2.45) is 0 Å². The Kier molecular flexibility index (Phi) is 14.0. The van der Waals surface area contributed by atoms with Crippen molar-refractivity contribution in [1.29, 1.82) is 0 Å². The third-order valence-corrected chi connectivity index (χ3v) is 6.97. The molecule has 4 rings (SSSR count). The molecule has 0 saturated heterocycles. The van der Waals surface area contributed by atoms with Crippen molar-refractivity contribution in [2.75, 3.05) is 10.6 Å². The minimum absolute atomic E-state index is 0.0199. The molecule has 0 saturated carbocycles. The van der Waals surface area contributed by atoms with Crippen LogP contribution in [0.3, 0.4) is 0 Å². The third-order valence-electron chi connectivity index (χ3n) is 6.22. The summed E-state index contributed by atoms with van der Waals surface area (Å²) in [5.74, 6) is -0.798. The SMILES string of the molecule is CC.CC(C)(C)O.CCC.CSN1Cc2c(C)cccc2-c2c(C)c(-c3ccc(C)cc3)c(CC(=O)O)c(C)c21. The van der Waals surface area contributed by atoms with E-state index in [-0.39, 0.29) is 6.42 Å². The molecule has 1 aliphatic rings. The molecule has 0 spiro atoms. The molecule has 3 aromatic rings. The molecule has 0 unspecified atom stereocenters. The number of carbonyl (C=O) groups is 1. The van der Waals surface area contributed by atoms with E-state index in [1.165, 1.54) is 34.2 Å². The number of nitrogens with zero attached hydrogens (tertiary/aromatic N) is 1. The maximum atomic E-state index is 11.8. The number of benzene rings is 3. The number of hydrogen-bond acceptors (Lipinski definition) is 4. The lowest BCUT2D eigenvalue weighted by atomic mass is 9.80. The Morgan fingerprint density at radius 2 is 1.45 bits per heavy atom. The highest BCUT2D eigenvalue weighted by atomic mass is 32.2. The van der Waals surface area contributed by atoms with Gasteiger partial charge in [-0.15, -0.1) is 0 Å². The zero-order valence-electron chi connectivity index (χ0n) is 26.8. The smallest absolute Gasteiger partial charge is 0.307 e. The van der Waals surface area contributed by atoms with Gasteiger partial charge in [0.2, 0.25) is 0 Å². The van der Waals surface area contributed by atoms with E-state index in [0.29, 0.717) is 0 Å². The van der Waals surface area contributed by atoms with Crippen molar-refractivity contribution >= 4 is 23.6 Å². The van der Waals surface area contributed by atoms with Gasteiger partial charge >= 0.3 is 5.97 Å². The van der Waals surface area contributed by atoms with Crippen molar-refractivity contribution in [3.05, 3.63) is 75.8 Å². The molecule has 0 fully saturated rings. The fraction of sp³-hybridized carbons (Fsp3) is 0.457. The van der Waals surface area contributed by atoms with Crippen molar-refractivity contribution < 1.29 is 15.0 Å². The highest BCUT2D eigenvalue weighted by molar-refractivity contribution is 7.99. The summed E-state index contributed by atoms with van der Waals surface area (Å²) in [5, 5.41) is 18.2. The minimum atomic E-state index is -0.798. The van der Waals surface area contributed by atoms with Crippen LogP contribution in [-0.2, 0) is 17.8 Å². The normalized spacial score (nSPS) is 11.5. The van der Waals surface area contributed by atoms with Gasteiger partial charge in [-0.3, -0.25) is 4.79 Å². The van der Waals surface area contributed by atoms with Crippen LogP contribution in [0.25, 0.3) is 22.3 Å². The van der Waals surface area contributed by atoms with Gasteiger partial charge < -0.3 is 14.5 Å². The molecule has 0 amide bonds. The van der Waals surface area contributed by atoms with E-state index >= 15 is 0 Å². The molecule has 220 valence electrons. The maximum absolute atomic E-state index is 11.8. The van der Waals surface area contributed by atoms with Gasteiger partial charge in [-0.1, -0.05) is 94.1 Å². The number of anilines is 1. The fourth-order valence-electron chi connectivity index (χ4n) is 4.70. The van der Waals surface area contributed by atoms with Gasteiger partial charge in [0.05, 0.1) is 24.3 Å². The first-order valence-electron chi connectivity index (χ1n) is 14.3. The summed E-state index contributed by atoms with van der Waals surface area (Å²) in [6, 6.07) is 14.9. The second-order valence-corrected chi connectivity index (χ2v) is 11.8. The lowest BCUT2D eigenvalue weighted by Gasteiger charge is -2.36. The largest absolute Gasteiger partial charge is 0.481 e. The quantitative estimate of drug-likeness (QED) is 0.308. The summed E-state index contributed by atoms with van der Waals surface area (Å²) >= 11 is 1.70. The number of fused-ring (bicyclic) bond motifs is 3. The predicted octanol–water partition coefficient (Wildman–Crippen LogP) is 9.70. The van der Waals surface area contributed by atoms with Crippen LogP contribution in [0, 0.1) is 27.7 Å². The van der Waals surface area contributed by atoms with Gasteiger partial charge in [-0.2, -0.15) is 0 Å². The summed E-state index contributed by atoms with van der Waals surface area (Å²) in [5.41, 5.74) is 12.3. The number of aliphatic hydroxyl groups is 1. The lowest BCUT2D eigenvalue weighted by molar-refractivity contribution is -0.136. The summed E-state index contributed by atoms with van der Waals surface area (Å²) < 4.78 is 2.32. The minimum Gasteiger partial charge on any atom is -0.481 e. The van der Waals surface area contributed by atoms with Gasteiger partial charge in [0.25, 0.3) is 0 Å². The Morgan fingerprint density at radius 3 is 1.93 bits per heavy atom.